The number of benzene rings is 1. The molecular formula is C16H20N4O. The summed E-state index contributed by atoms with van der Waals surface area (Å²) in [6, 6.07) is 8.60. The van der Waals surface area contributed by atoms with Crippen molar-refractivity contribution in [1.82, 2.24) is 14.9 Å². The molecule has 1 amide bonds. The van der Waals surface area contributed by atoms with Crippen LogP contribution in [0.5, 0.6) is 0 Å². The third-order valence-electron chi connectivity index (χ3n) is 4.53. The fraction of sp³-hybridized carbons (Fsp3) is 0.500. The molecule has 0 spiro atoms. The van der Waals surface area contributed by atoms with Gasteiger partial charge in [-0.3, -0.25) is 4.79 Å². The number of nitrogens with one attached hydrogen (secondary N) is 1. The Hall–Kier alpha value is -2.04. The smallest absolute Gasteiger partial charge is 0.225 e. The fourth-order valence-corrected chi connectivity index (χ4v) is 3.12. The van der Waals surface area contributed by atoms with Crippen LogP contribution in [0.1, 0.15) is 19.3 Å². The number of fused-ring (bicyclic) bond motifs is 1. The van der Waals surface area contributed by atoms with Gasteiger partial charge in [0.1, 0.15) is 0 Å². The first-order valence-electron chi connectivity index (χ1n) is 7.69. The van der Waals surface area contributed by atoms with E-state index in [1.165, 1.54) is 0 Å². The molecule has 110 valence electrons. The summed E-state index contributed by atoms with van der Waals surface area (Å²) >= 11 is 0. The number of carbonyl (C=O) groups excluding carboxylic acids is 1. The molecule has 1 saturated heterocycles. The van der Waals surface area contributed by atoms with E-state index < -0.39 is 0 Å². The van der Waals surface area contributed by atoms with Crippen molar-refractivity contribution >= 4 is 22.9 Å². The third-order valence-corrected chi connectivity index (χ3v) is 4.53. The lowest BCUT2D eigenvalue weighted by Gasteiger charge is -2.17. The Morgan fingerprint density at radius 3 is 2.86 bits per heavy atom. The first-order chi connectivity index (χ1) is 10.2. The number of nitrogens with zero attached hydrogens (tertiary/aromatic N) is 3. The van der Waals surface area contributed by atoms with Gasteiger partial charge < -0.3 is 14.8 Å². The molecule has 5 nitrogen and oxygen atoms in total. The number of amides is 1. The summed E-state index contributed by atoms with van der Waals surface area (Å²) in [7, 11) is 2.04. The van der Waals surface area contributed by atoms with Gasteiger partial charge in [-0.1, -0.05) is 12.1 Å². The number of imidazole rings is 1. The van der Waals surface area contributed by atoms with Crippen LogP contribution < -0.4 is 10.2 Å². The Morgan fingerprint density at radius 1 is 1.29 bits per heavy atom. The highest BCUT2D eigenvalue weighted by molar-refractivity contribution is 5.81. The van der Waals surface area contributed by atoms with Crippen molar-refractivity contribution in [3.63, 3.8) is 0 Å². The van der Waals surface area contributed by atoms with Gasteiger partial charge in [0, 0.05) is 26.2 Å². The highest BCUT2D eigenvalue weighted by atomic mass is 16.2. The predicted molar refractivity (Wildman–Crippen MR) is 82.2 cm³/mol. The van der Waals surface area contributed by atoms with Gasteiger partial charge in [0.15, 0.2) is 0 Å². The third kappa shape index (κ3) is 2.26. The molecule has 0 radical (unpaired) electrons. The lowest BCUT2D eigenvalue weighted by atomic mass is 10.1. The zero-order valence-electron chi connectivity index (χ0n) is 12.2. The number of aryl methyl sites for hydroxylation is 1. The van der Waals surface area contributed by atoms with Crippen LogP contribution in [0.25, 0.3) is 11.0 Å². The molecule has 1 unspecified atom stereocenters. The number of carbonyl (C=O) groups is 1. The summed E-state index contributed by atoms with van der Waals surface area (Å²) in [6.07, 6.45) is 3.21. The molecule has 1 saturated carbocycles. The Labute approximate surface area is 123 Å². The first kappa shape index (κ1) is 12.7. The van der Waals surface area contributed by atoms with Crippen molar-refractivity contribution in [2.75, 3.05) is 18.0 Å². The summed E-state index contributed by atoms with van der Waals surface area (Å²) in [6.45, 7) is 1.68. The minimum Gasteiger partial charge on any atom is -0.353 e. The van der Waals surface area contributed by atoms with Gasteiger partial charge >= 0.3 is 0 Å². The van der Waals surface area contributed by atoms with Crippen LogP contribution in [0.4, 0.5) is 5.95 Å². The highest BCUT2D eigenvalue weighted by Gasteiger charge is 2.33. The maximum atomic E-state index is 12.2. The van der Waals surface area contributed by atoms with E-state index in [2.05, 4.69) is 20.9 Å². The molecule has 0 bridgehead atoms. The zero-order valence-corrected chi connectivity index (χ0v) is 12.2. The van der Waals surface area contributed by atoms with E-state index in [4.69, 9.17) is 4.98 Å². The summed E-state index contributed by atoms with van der Waals surface area (Å²) in [5.41, 5.74) is 2.15. The van der Waals surface area contributed by atoms with Gasteiger partial charge in [-0.05, 0) is 31.4 Å². The van der Waals surface area contributed by atoms with E-state index in [0.29, 0.717) is 6.04 Å². The molecule has 1 aromatic heterocycles. The first-order valence-corrected chi connectivity index (χ1v) is 7.69. The standard InChI is InChI=1S/C16H20N4O/c1-19-14-5-3-2-4-13(14)18-16(19)20-9-8-11(10-20)15(21)17-12-6-7-12/h2-5,11-12H,6-10H2,1H3,(H,17,21). The number of hydrogen-bond donors (Lipinski definition) is 1. The minimum atomic E-state index is 0.102. The molecule has 1 aromatic carbocycles. The Balaban J connectivity index is 1.53. The fourth-order valence-electron chi connectivity index (χ4n) is 3.12. The van der Waals surface area contributed by atoms with Gasteiger partial charge in [0.25, 0.3) is 0 Å². The van der Waals surface area contributed by atoms with E-state index >= 15 is 0 Å². The van der Waals surface area contributed by atoms with Gasteiger partial charge in [-0.15, -0.1) is 0 Å². The second-order valence-electron chi connectivity index (χ2n) is 6.17. The molecule has 2 fully saturated rings. The highest BCUT2D eigenvalue weighted by Crippen LogP contribution is 2.27. The zero-order chi connectivity index (χ0) is 14.4. The van der Waals surface area contributed by atoms with E-state index in [1.807, 2.05) is 25.2 Å². The molecule has 2 aromatic rings. The van der Waals surface area contributed by atoms with Crippen LogP contribution in [-0.4, -0.2) is 34.6 Å². The van der Waals surface area contributed by atoms with Crippen molar-refractivity contribution in [1.29, 1.82) is 0 Å². The van der Waals surface area contributed by atoms with Crippen LogP contribution in [0, 0.1) is 5.92 Å². The van der Waals surface area contributed by atoms with Crippen molar-refractivity contribution in [2.24, 2.45) is 13.0 Å². The molecule has 4 rings (SSSR count). The number of para-hydroxylation sites is 2. The largest absolute Gasteiger partial charge is 0.353 e. The molecule has 2 heterocycles. The van der Waals surface area contributed by atoms with Gasteiger partial charge in [-0.25, -0.2) is 4.98 Å². The summed E-state index contributed by atoms with van der Waals surface area (Å²) in [5, 5.41) is 3.12. The molecular weight excluding hydrogens is 264 g/mol. The predicted octanol–water partition coefficient (Wildman–Crippen LogP) is 1.68. The molecule has 1 aliphatic carbocycles. The van der Waals surface area contributed by atoms with Crippen LogP contribution in [-0.2, 0) is 11.8 Å². The molecule has 5 heteroatoms. The van der Waals surface area contributed by atoms with E-state index in [9.17, 15) is 4.79 Å². The Bertz CT molecular complexity index is 689. The molecule has 2 aliphatic rings. The lowest BCUT2D eigenvalue weighted by molar-refractivity contribution is -0.124. The quantitative estimate of drug-likeness (QED) is 0.933. The van der Waals surface area contributed by atoms with Crippen LogP contribution in [0.3, 0.4) is 0 Å². The number of rotatable bonds is 3. The summed E-state index contributed by atoms with van der Waals surface area (Å²) in [5.74, 6) is 1.29. The van der Waals surface area contributed by atoms with Gasteiger partial charge in [0.05, 0.1) is 17.0 Å². The maximum absolute atomic E-state index is 12.2. The van der Waals surface area contributed by atoms with Crippen molar-refractivity contribution in [2.45, 2.75) is 25.3 Å². The molecule has 1 N–H and O–H groups in total. The van der Waals surface area contributed by atoms with E-state index in [0.717, 1.165) is 49.3 Å². The number of anilines is 1. The minimum absolute atomic E-state index is 0.102. The van der Waals surface area contributed by atoms with E-state index in [-0.39, 0.29) is 11.8 Å². The van der Waals surface area contributed by atoms with Crippen molar-refractivity contribution in [3.8, 4) is 0 Å². The lowest BCUT2D eigenvalue weighted by Crippen LogP contribution is -2.34. The normalized spacial score (nSPS) is 22.0. The number of aromatic nitrogens is 2. The molecule has 21 heavy (non-hydrogen) atoms. The topological polar surface area (TPSA) is 50.2 Å². The van der Waals surface area contributed by atoms with Gasteiger partial charge in [-0.2, -0.15) is 0 Å². The second kappa shape index (κ2) is 4.76. The SMILES string of the molecule is Cn1c(N2CCC(C(=O)NC3CC3)C2)nc2ccccc21. The van der Waals surface area contributed by atoms with Crippen LogP contribution in [0.2, 0.25) is 0 Å². The average Bonchev–Trinajstić information content (AvgIpc) is 3.06. The molecule has 1 atom stereocenters. The monoisotopic (exact) mass is 284 g/mol. The van der Waals surface area contributed by atoms with Crippen molar-refractivity contribution in [3.05, 3.63) is 24.3 Å². The number of hydrogen-bond acceptors (Lipinski definition) is 3. The van der Waals surface area contributed by atoms with E-state index in [1.54, 1.807) is 0 Å². The Morgan fingerprint density at radius 2 is 2.10 bits per heavy atom. The van der Waals surface area contributed by atoms with Crippen molar-refractivity contribution < 1.29 is 4.79 Å². The Kier molecular flexibility index (Phi) is 2.87. The van der Waals surface area contributed by atoms with Gasteiger partial charge in [0.2, 0.25) is 11.9 Å². The molecule has 1 aliphatic heterocycles. The maximum Gasteiger partial charge on any atom is 0.225 e. The second-order valence-corrected chi connectivity index (χ2v) is 6.17. The summed E-state index contributed by atoms with van der Waals surface area (Å²) in [4.78, 5) is 19.1. The summed E-state index contributed by atoms with van der Waals surface area (Å²) < 4.78 is 2.12. The van der Waals surface area contributed by atoms with Crippen LogP contribution >= 0.6 is 0 Å². The average molecular weight is 284 g/mol. The van der Waals surface area contributed by atoms with Crippen LogP contribution in [0.15, 0.2) is 24.3 Å².